The molecule has 0 spiro atoms. The van der Waals surface area contributed by atoms with Gasteiger partial charge in [0.05, 0.1) is 24.4 Å². The van der Waals surface area contributed by atoms with E-state index in [1.807, 2.05) is 0 Å². The number of nitrogens with one attached hydrogen (secondary N) is 2. The first kappa shape index (κ1) is 18.2. The number of carbonyl (C=O) groups excluding carboxylic acids is 2. The third kappa shape index (κ3) is 4.33. The number of carboxylic acids is 1. The Labute approximate surface area is 152 Å². The van der Waals surface area contributed by atoms with E-state index in [4.69, 9.17) is 4.74 Å². The largest absolute Gasteiger partial charge is 0.545 e. The van der Waals surface area contributed by atoms with Crippen LogP contribution in [0.2, 0.25) is 0 Å². The lowest BCUT2D eigenvalue weighted by Gasteiger charge is -2.12. The molecule has 2 aromatic rings. The van der Waals surface area contributed by atoms with Crippen molar-refractivity contribution in [3.8, 4) is 0 Å². The van der Waals surface area contributed by atoms with E-state index in [9.17, 15) is 19.5 Å². The van der Waals surface area contributed by atoms with Crippen molar-refractivity contribution in [3.05, 3.63) is 40.3 Å². The third-order valence-electron chi connectivity index (χ3n) is 3.89. The standard InChI is InChI=1S/C16H18N4O5S/c21-13(17-12-6-2-1-5-11(12)14(22)23)9-26-16-19-18-15(24)20(16)8-10-4-3-7-25-10/h1-2,5-6,10H,3-4,7-9H2,(H,17,21)(H,18,24)(H,22,23)/p-1/t10-/m0/s1. The Morgan fingerprint density at radius 2 is 2.23 bits per heavy atom. The number of para-hydroxylation sites is 1. The van der Waals surface area contributed by atoms with E-state index >= 15 is 0 Å². The number of aromatic amines is 1. The number of benzene rings is 1. The van der Waals surface area contributed by atoms with Crippen LogP contribution in [-0.2, 0) is 16.1 Å². The molecular formula is C16H17N4O5S-. The number of aromatic carboxylic acids is 1. The molecule has 1 amide bonds. The molecule has 2 N–H and O–H groups in total. The Bertz CT molecular complexity index is 856. The number of anilines is 1. The smallest absolute Gasteiger partial charge is 0.344 e. The molecule has 9 nitrogen and oxygen atoms in total. The van der Waals surface area contributed by atoms with Gasteiger partial charge >= 0.3 is 5.69 Å². The normalized spacial score (nSPS) is 16.5. The summed E-state index contributed by atoms with van der Waals surface area (Å²) in [5.41, 5.74) is -0.288. The second kappa shape index (κ2) is 8.19. The Kier molecular flexibility index (Phi) is 5.74. The maximum atomic E-state index is 12.1. The molecule has 0 saturated carbocycles. The molecule has 10 heteroatoms. The number of hydrogen-bond donors (Lipinski definition) is 2. The van der Waals surface area contributed by atoms with Crippen LogP contribution in [0.25, 0.3) is 0 Å². The predicted octanol–water partition coefficient (Wildman–Crippen LogP) is -0.155. The first-order chi connectivity index (χ1) is 12.5. The average Bonchev–Trinajstić information content (AvgIpc) is 3.25. The summed E-state index contributed by atoms with van der Waals surface area (Å²) in [5.74, 6) is -1.81. The van der Waals surface area contributed by atoms with E-state index < -0.39 is 11.9 Å². The van der Waals surface area contributed by atoms with Crippen LogP contribution in [0.4, 0.5) is 5.69 Å². The number of aromatic nitrogens is 3. The minimum absolute atomic E-state index is 0.0306. The van der Waals surface area contributed by atoms with Crippen molar-refractivity contribution in [2.75, 3.05) is 17.7 Å². The number of thioether (sulfide) groups is 1. The fourth-order valence-electron chi connectivity index (χ4n) is 2.65. The van der Waals surface area contributed by atoms with Crippen molar-refractivity contribution in [3.63, 3.8) is 0 Å². The summed E-state index contributed by atoms with van der Waals surface area (Å²) in [6, 6.07) is 5.99. The van der Waals surface area contributed by atoms with E-state index in [0.717, 1.165) is 24.6 Å². The van der Waals surface area contributed by atoms with Crippen molar-refractivity contribution in [1.29, 1.82) is 0 Å². The zero-order valence-corrected chi connectivity index (χ0v) is 14.6. The van der Waals surface area contributed by atoms with Crippen molar-refractivity contribution in [2.45, 2.75) is 30.6 Å². The van der Waals surface area contributed by atoms with Gasteiger partial charge in [-0.25, -0.2) is 9.89 Å². The van der Waals surface area contributed by atoms with Gasteiger partial charge in [0.1, 0.15) is 0 Å². The van der Waals surface area contributed by atoms with Gasteiger partial charge in [0.25, 0.3) is 0 Å². The molecule has 1 fully saturated rings. The highest BCUT2D eigenvalue weighted by Crippen LogP contribution is 2.19. The summed E-state index contributed by atoms with van der Waals surface area (Å²) >= 11 is 1.08. The summed E-state index contributed by atoms with van der Waals surface area (Å²) in [6.45, 7) is 1.06. The molecule has 1 atom stereocenters. The van der Waals surface area contributed by atoms with E-state index in [1.165, 1.54) is 16.7 Å². The van der Waals surface area contributed by atoms with Crippen LogP contribution < -0.4 is 16.1 Å². The van der Waals surface area contributed by atoms with E-state index in [2.05, 4.69) is 15.5 Å². The molecular weight excluding hydrogens is 360 g/mol. The lowest BCUT2D eigenvalue weighted by Crippen LogP contribution is -2.26. The fourth-order valence-corrected chi connectivity index (χ4v) is 3.41. The number of carbonyl (C=O) groups is 2. The predicted molar refractivity (Wildman–Crippen MR) is 91.9 cm³/mol. The van der Waals surface area contributed by atoms with Crippen molar-refractivity contribution >= 4 is 29.3 Å². The zero-order chi connectivity index (χ0) is 18.5. The van der Waals surface area contributed by atoms with Crippen LogP contribution in [0.15, 0.2) is 34.2 Å². The molecule has 0 radical (unpaired) electrons. The van der Waals surface area contributed by atoms with Crippen LogP contribution >= 0.6 is 11.8 Å². The molecule has 0 unspecified atom stereocenters. The number of H-pyrrole nitrogens is 1. The van der Waals surface area contributed by atoms with E-state index in [1.54, 1.807) is 12.1 Å². The van der Waals surface area contributed by atoms with Gasteiger partial charge in [-0.3, -0.25) is 9.36 Å². The molecule has 1 aliphatic rings. The van der Waals surface area contributed by atoms with Gasteiger partial charge in [0.15, 0.2) is 5.16 Å². The number of nitrogens with zero attached hydrogens (tertiary/aromatic N) is 2. The molecule has 2 heterocycles. The van der Waals surface area contributed by atoms with Crippen LogP contribution in [-0.4, -0.2) is 45.1 Å². The molecule has 0 aliphatic carbocycles. The van der Waals surface area contributed by atoms with Crippen LogP contribution in [0.1, 0.15) is 23.2 Å². The first-order valence-corrected chi connectivity index (χ1v) is 9.03. The molecule has 1 aromatic carbocycles. The number of ether oxygens (including phenoxy) is 1. The van der Waals surface area contributed by atoms with Crippen LogP contribution in [0.5, 0.6) is 0 Å². The lowest BCUT2D eigenvalue weighted by atomic mass is 10.2. The van der Waals surface area contributed by atoms with Crippen LogP contribution in [0.3, 0.4) is 0 Å². The molecule has 138 valence electrons. The Hall–Kier alpha value is -2.59. The van der Waals surface area contributed by atoms with E-state index in [0.29, 0.717) is 18.3 Å². The van der Waals surface area contributed by atoms with E-state index in [-0.39, 0.29) is 28.8 Å². The Balaban J connectivity index is 1.62. The highest BCUT2D eigenvalue weighted by Gasteiger charge is 2.20. The van der Waals surface area contributed by atoms with Gasteiger partial charge in [0, 0.05) is 17.9 Å². The summed E-state index contributed by atoms with van der Waals surface area (Å²) in [4.78, 5) is 35.1. The first-order valence-electron chi connectivity index (χ1n) is 8.04. The summed E-state index contributed by atoms with van der Waals surface area (Å²) in [6.07, 6.45) is 1.80. The summed E-state index contributed by atoms with van der Waals surface area (Å²) in [5, 5.41) is 20.3. The Morgan fingerprint density at radius 1 is 1.42 bits per heavy atom. The molecule has 1 saturated heterocycles. The highest BCUT2D eigenvalue weighted by atomic mass is 32.2. The monoisotopic (exact) mass is 377 g/mol. The lowest BCUT2D eigenvalue weighted by molar-refractivity contribution is -0.254. The van der Waals surface area contributed by atoms with Gasteiger partial charge in [-0.05, 0) is 18.9 Å². The van der Waals surface area contributed by atoms with Gasteiger partial charge in [0.2, 0.25) is 5.91 Å². The maximum Gasteiger partial charge on any atom is 0.344 e. The third-order valence-corrected chi connectivity index (χ3v) is 4.86. The second-order valence-corrected chi connectivity index (χ2v) is 6.67. The maximum absolute atomic E-state index is 12.1. The topological polar surface area (TPSA) is 129 Å². The molecule has 3 rings (SSSR count). The van der Waals surface area contributed by atoms with Gasteiger partial charge in [-0.2, -0.15) is 0 Å². The molecule has 26 heavy (non-hydrogen) atoms. The number of rotatable bonds is 7. The second-order valence-electron chi connectivity index (χ2n) is 5.73. The number of hydrogen-bond acceptors (Lipinski definition) is 7. The number of carboxylic acid groups (broad SMARTS) is 1. The van der Waals surface area contributed by atoms with Gasteiger partial charge in [-0.1, -0.05) is 30.0 Å². The summed E-state index contributed by atoms with van der Waals surface area (Å²) in [7, 11) is 0. The minimum Gasteiger partial charge on any atom is -0.545 e. The molecule has 1 aliphatic heterocycles. The van der Waals surface area contributed by atoms with Crippen molar-refractivity contribution < 1.29 is 19.4 Å². The summed E-state index contributed by atoms with van der Waals surface area (Å²) < 4.78 is 6.97. The molecule has 0 bridgehead atoms. The zero-order valence-electron chi connectivity index (χ0n) is 13.8. The van der Waals surface area contributed by atoms with Gasteiger partial charge < -0.3 is 20.0 Å². The quantitative estimate of drug-likeness (QED) is 0.642. The SMILES string of the molecule is O=C(CSc1n[nH]c(=O)n1C[C@@H]1CCCO1)Nc1ccccc1C(=O)[O-]. The van der Waals surface area contributed by atoms with Crippen molar-refractivity contribution in [2.24, 2.45) is 0 Å². The fraction of sp³-hybridized carbons (Fsp3) is 0.375. The van der Waals surface area contributed by atoms with Gasteiger partial charge in [-0.15, -0.1) is 5.10 Å². The molecule has 1 aromatic heterocycles. The van der Waals surface area contributed by atoms with Crippen LogP contribution in [0, 0.1) is 0 Å². The highest BCUT2D eigenvalue weighted by molar-refractivity contribution is 7.99. The Morgan fingerprint density at radius 3 is 2.96 bits per heavy atom. The van der Waals surface area contributed by atoms with Crippen molar-refractivity contribution in [1.82, 2.24) is 14.8 Å². The minimum atomic E-state index is -1.37. The average molecular weight is 377 g/mol. The number of amides is 1.